The summed E-state index contributed by atoms with van der Waals surface area (Å²) in [4.78, 5) is 33.2. The van der Waals surface area contributed by atoms with E-state index in [1.165, 1.54) is 21.3 Å². The number of fused-ring (bicyclic) bond motifs is 3. The molecule has 0 amide bonds. The monoisotopic (exact) mass is 433 g/mol. The van der Waals surface area contributed by atoms with E-state index in [-0.39, 0.29) is 23.0 Å². The van der Waals surface area contributed by atoms with Crippen LogP contribution in [0.4, 0.5) is 16.0 Å². The maximum Gasteiger partial charge on any atom is 0.332 e. The Morgan fingerprint density at radius 1 is 1.03 bits per heavy atom. The zero-order valence-electron chi connectivity index (χ0n) is 18.0. The fraction of sp³-hybridized carbons (Fsp3) is 0.292. The Morgan fingerprint density at radius 3 is 2.47 bits per heavy atom. The van der Waals surface area contributed by atoms with Crippen LogP contribution in [0.1, 0.15) is 12.5 Å². The van der Waals surface area contributed by atoms with E-state index in [1.807, 2.05) is 39.8 Å². The van der Waals surface area contributed by atoms with Gasteiger partial charge >= 0.3 is 5.69 Å². The summed E-state index contributed by atoms with van der Waals surface area (Å²) in [5, 5.41) is 0. The van der Waals surface area contributed by atoms with E-state index in [2.05, 4.69) is 6.92 Å². The van der Waals surface area contributed by atoms with Crippen LogP contribution in [0.25, 0.3) is 11.2 Å². The molecule has 1 unspecified atom stereocenters. The van der Waals surface area contributed by atoms with E-state index in [1.54, 1.807) is 19.2 Å². The van der Waals surface area contributed by atoms with Gasteiger partial charge in [0.25, 0.3) is 5.56 Å². The molecule has 5 rings (SSSR count). The van der Waals surface area contributed by atoms with Gasteiger partial charge in [0.05, 0.1) is 0 Å². The minimum atomic E-state index is -0.379. The molecular formula is C24H24FN5O2. The van der Waals surface area contributed by atoms with Crippen molar-refractivity contribution in [2.45, 2.75) is 26.4 Å². The average molecular weight is 433 g/mol. The summed E-state index contributed by atoms with van der Waals surface area (Å²) in [6, 6.07) is 16.0. The summed E-state index contributed by atoms with van der Waals surface area (Å²) in [5.74, 6) is 0.521. The molecule has 1 aliphatic heterocycles. The molecule has 0 saturated carbocycles. The van der Waals surface area contributed by atoms with Gasteiger partial charge in [0, 0.05) is 32.4 Å². The van der Waals surface area contributed by atoms with Gasteiger partial charge in [-0.15, -0.1) is 0 Å². The number of hydrogen-bond donors (Lipinski definition) is 0. The van der Waals surface area contributed by atoms with Gasteiger partial charge in [-0.3, -0.25) is 13.9 Å². The van der Waals surface area contributed by atoms with Crippen molar-refractivity contribution in [2.75, 3.05) is 11.4 Å². The van der Waals surface area contributed by atoms with Gasteiger partial charge < -0.3 is 9.47 Å². The molecule has 3 heterocycles. The third-order valence-electron chi connectivity index (χ3n) is 6.05. The van der Waals surface area contributed by atoms with E-state index in [0.717, 1.165) is 11.3 Å². The molecule has 0 N–H and O–H groups in total. The normalized spacial score (nSPS) is 15.8. The van der Waals surface area contributed by atoms with Crippen LogP contribution in [0.3, 0.4) is 0 Å². The number of hydrogen-bond acceptors (Lipinski definition) is 4. The fourth-order valence-electron chi connectivity index (χ4n) is 4.43. The molecule has 164 valence electrons. The van der Waals surface area contributed by atoms with Gasteiger partial charge in [0.15, 0.2) is 11.2 Å². The first-order valence-corrected chi connectivity index (χ1v) is 10.7. The number of aryl methyl sites for hydroxylation is 2. The van der Waals surface area contributed by atoms with Gasteiger partial charge in [0.1, 0.15) is 5.82 Å². The lowest BCUT2D eigenvalue weighted by atomic mass is 10.1. The first kappa shape index (κ1) is 20.2. The summed E-state index contributed by atoms with van der Waals surface area (Å²) in [7, 11) is 1.65. The molecule has 32 heavy (non-hydrogen) atoms. The number of rotatable bonds is 4. The Bertz CT molecular complexity index is 1400. The van der Waals surface area contributed by atoms with Gasteiger partial charge in [-0.25, -0.2) is 9.18 Å². The lowest BCUT2D eigenvalue weighted by molar-refractivity contribution is 0.457. The fourth-order valence-corrected chi connectivity index (χ4v) is 4.43. The molecule has 4 aromatic rings. The minimum Gasteiger partial charge on any atom is -0.312 e. The van der Waals surface area contributed by atoms with Crippen LogP contribution >= 0.6 is 0 Å². The molecule has 8 heteroatoms. The van der Waals surface area contributed by atoms with Crippen molar-refractivity contribution in [3.05, 3.63) is 86.8 Å². The smallest absolute Gasteiger partial charge is 0.312 e. The highest BCUT2D eigenvalue weighted by molar-refractivity contribution is 5.77. The van der Waals surface area contributed by atoms with Gasteiger partial charge in [-0.2, -0.15) is 4.98 Å². The third kappa shape index (κ3) is 3.32. The number of benzene rings is 2. The maximum absolute atomic E-state index is 13.5. The zero-order chi connectivity index (χ0) is 22.4. The SMILES string of the molecule is CC1CN(c2ccc(F)cc2)c2nc3c(c(=O)n(CCc4ccccc4)c(=O)n3C)n2C1. The highest BCUT2D eigenvalue weighted by Crippen LogP contribution is 2.32. The highest BCUT2D eigenvalue weighted by atomic mass is 19.1. The number of anilines is 2. The molecule has 2 aromatic heterocycles. The Labute approximate surface area is 184 Å². The summed E-state index contributed by atoms with van der Waals surface area (Å²) >= 11 is 0. The zero-order valence-corrected chi connectivity index (χ0v) is 18.0. The number of aromatic nitrogens is 4. The van der Waals surface area contributed by atoms with Crippen molar-refractivity contribution in [2.24, 2.45) is 13.0 Å². The van der Waals surface area contributed by atoms with E-state index >= 15 is 0 Å². The maximum atomic E-state index is 13.5. The van der Waals surface area contributed by atoms with E-state index in [0.29, 0.717) is 43.2 Å². The van der Waals surface area contributed by atoms with Crippen molar-refractivity contribution in [3.8, 4) is 0 Å². The Balaban J connectivity index is 1.65. The number of imidazole rings is 1. The second-order valence-corrected chi connectivity index (χ2v) is 8.42. The van der Waals surface area contributed by atoms with Crippen molar-refractivity contribution in [1.29, 1.82) is 0 Å². The standard InChI is InChI=1S/C24H24FN5O2/c1-16-14-29(19-10-8-18(25)9-11-19)23-26-21-20(30(23)15-16)22(31)28(24(32)27(21)2)13-12-17-6-4-3-5-7-17/h3-11,16H,12-15H2,1-2H3. The van der Waals surface area contributed by atoms with Crippen molar-refractivity contribution in [1.82, 2.24) is 18.7 Å². The number of halogens is 1. The molecule has 0 fully saturated rings. The molecule has 1 aliphatic rings. The van der Waals surface area contributed by atoms with E-state index in [4.69, 9.17) is 4.98 Å². The molecular weight excluding hydrogens is 409 g/mol. The molecule has 0 aliphatic carbocycles. The predicted molar refractivity (Wildman–Crippen MR) is 122 cm³/mol. The van der Waals surface area contributed by atoms with Crippen molar-refractivity contribution >= 4 is 22.8 Å². The third-order valence-corrected chi connectivity index (χ3v) is 6.05. The summed E-state index contributed by atoms with van der Waals surface area (Å²) < 4.78 is 18.1. The largest absolute Gasteiger partial charge is 0.332 e. The topological polar surface area (TPSA) is 65.1 Å². The highest BCUT2D eigenvalue weighted by Gasteiger charge is 2.29. The van der Waals surface area contributed by atoms with Gasteiger partial charge in [0.2, 0.25) is 5.95 Å². The molecule has 7 nitrogen and oxygen atoms in total. The van der Waals surface area contributed by atoms with Crippen LogP contribution in [0.15, 0.2) is 64.2 Å². The molecule has 2 aromatic carbocycles. The lowest BCUT2D eigenvalue weighted by Gasteiger charge is -2.32. The van der Waals surface area contributed by atoms with Crippen molar-refractivity contribution in [3.63, 3.8) is 0 Å². The van der Waals surface area contributed by atoms with Crippen LogP contribution in [0.2, 0.25) is 0 Å². The Morgan fingerprint density at radius 2 is 1.75 bits per heavy atom. The van der Waals surface area contributed by atoms with E-state index < -0.39 is 0 Å². The minimum absolute atomic E-state index is 0.236. The van der Waals surface area contributed by atoms with Crippen molar-refractivity contribution < 1.29 is 4.39 Å². The van der Waals surface area contributed by atoms with Crippen LogP contribution in [-0.4, -0.2) is 25.2 Å². The molecule has 0 bridgehead atoms. The molecule has 0 radical (unpaired) electrons. The van der Waals surface area contributed by atoms with E-state index in [9.17, 15) is 14.0 Å². The lowest BCUT2D eigenvalue weighted by Crippen LogP contribution is -2.40. The second-order valence-electron chi connectivity index (χ2n) is 8.42. The van der Waals surface area contributed by atoms with Crippen LogP contribution in [-0.2, 0) is 26.6 Å². The van der Waals surface area contributed by atoms with Gasteiger partial charge in [-0.1, -0.05) is 37.3 Å². The van der Waals surface area contributed by atoms with Gasteiger partial charge in [-0.05, 0) is 42.2 Å². The summed E-state index contributed by atoms with van der Waals surface area (Å²) in [5.41, 5.74) is 1.94. The van der Waals surface area contributed by atoms with Crippen LogP contribution < -0.4 is 16.1 Å². The second kappa shape index (κ2) is 7.78. The van der Waals surface area contributed by atoms with Crippen LogP contribution in [0, 0.1) is 11.7 Å². The summed E-state index contributed by atoms with van der Waals surface area (Å²) in [6.45, 7) is 3.70. The van der Waals surface area contributed by atoms with Crippen LogP contribution in [0.5, 0.6) is 0 Å². The Kier molecular flexibility index (Phi) is 4.92. The predicted octanol–water partition coefficient (Wildman–Crippen LogP) is 3.07. The molecule has 0 spiro atoms. The first-order valence-electron chi connectivity index (χ1n) is 10.7. The number of nitrogens with zero attached hydrogens (tertiary/aromatic N) is 5. The molecule has 1 atom stereocenters. The first-order chi connectivity index (χ1) is 15.4. The molecule has 0 saturated heterocycles. The Hall–Kier alpha value is -3.68. The average Bonchev–Trinajstić information content (AvgIpc) is 3.18. The quantitative estimate of drug-likeness (QED) is 0.496. The summed E-state index contributed by atoms with van der Waals surface area (Å²) in [6.07, 6.45) is 0.584.